The van der Waals surface area contributed by atoms with Gasteiger partial charge in [0, 0.05) is 0 Å². The summed E-state index contributed by atoms with van der Waals surface area (Å²) >= 11 is 0. The molecule has 0 unspecified atom stereocenters. The first-order valence-electron chi connectivity index (χ1n) is 16.4. The van der Waals surface area contributed by atoms with E-state index in [1.807, 2.05) is 6.08 Å². The molecule has 0 aromatic heterocycles. The molecule has 0 fully saturated rings. The summed E-state index contributed by atoms with van der Waals surface area (Å²) in [6, 6.07) is 49.2. The van der Waals surface area contributed by atoms with E-state index in [4.69, 9.17) is 0 Å². The maximum atomic E-state index is 4.25. The number of allylic oxidation sites excluding steroid dienone is 1. The summed E-state index contributed by atoms with van der Waals surface area (Å²) in [6.45, 7) is 10.8. The monoisotopic (exact) mass is 600 g/mol. The second kappa shape index (κ2) is 11.6. The molecule has 8 rings (SSSR count). The van der Waals surface area contributed by atoms with Gasteiger partial charge < -0.3 is 0 Å². The molecule has 0 radical (unpaired) electrons. The van der Waals surface area contributed by atoms with Crippen LogP contribution in [0.15, 0.2) is 146 Å². The van der Waals surface area contributed by atoms with Crippen LogP contribution in [-0.2, 0) is 0 Å². The van der Waals surface area contributed by atoms with Crippen molar-refractivity contribution in [2.75, 3.05) is 0 Å². The van der Waals surface area contributed by atoms with Crippen LogP contribution < -0.4 is 0 Å². The Morgan fingerprint density at radius 1 is 0.468 bits per heavy atom. The molecule has 224 valence electrons. The molecule has 0 saturated carbocycles. The minimum atomic E-state index is 1.19. The first-order chi connectivity index (χ1) is 23.1. The zero-order valence-corrected chi connectivity index (χ0v) is 27.1. The van der Waals surface area contributed by atoms with Gasteiger partial charge in [-0.3, -0.25) is 0 Å². The van der Waals surface area contributed by atoms with E-state index in [0.717, 1.165) is 0 Å². The van der Waals surface area contributed by atoms with Crippen molar-refractivity contribution in [3.63, 3.8) is 0 Å². The fourth-order valence-electron chi connectivity index (χ4n) is 7.80. The van der Waals surface area contributed by atoms with E-state index >= 15 is 0 Å². The molecule has 0 amide bonds. The van der Waals surface area contributed by atoms with Crippen LogP contribution in [0, 0.1) is 13.8 Å². The summed E-state index contributed by atoms with van der Waals surface area (Å²) in [7, 11) is 0. The summed E-state index contributed by atoms with van der Waals surface area (Å²) in [4.78, 5) is 0. The van der Waals surface area contributed by atoms with Crippen molar-refractivity contribution in [1.29, 1.82) is 0 Å². The van der Waals surface area contributed by atoms with Crippen LogP contribution in [-0.4, -0.2) is 0 Å². The van der Waals surface area contributed by atoms with Gasteiger partial charge in [-0.25, -0.2) is 0 Å². The van der Waals surface area contributed by atoms with Crippen LogP contribution >= 0.6 is 0 Å². The average Bonchev–Trinajstić information content (AvgIpc) is 3.11. The number of aryl methyl sites for hydroxylation is 1. The molecule has 0 saturated heterocycles. The first kappa shape index (κ1) is 28.7. The highest BCUT2D eigenvalue weighted by Crippen LogP contribution is 2.47. The number of rotatable bonds is 5. The van der Waals surface area contributed by atoms with Crippen molar-refractivity contribution in [3.8, 4) is 33.4 Å². The van der Waals surface area contributed by atoms with Crippen LogP contribution in [0.5, 0.6) is 0 Å². The van der Waals surface area contributed by atoms with Gasteiger partial charge in [-0.15, -0.1) is 0 Å². The highest BCUT2D eigenvalue weighted by molar-refractivity contribution is 6.23. The Morgan fingerprint density at radius 3 is 1.62 bits per heavy atom. The lowest BCUT2D eigenvalue weighted by atomic mass is 9.82. The lowest BCUT2D eigenvalue weighted by molar-refractivity contribution is 1.41. The Labute approximate surface area is 277 Å². The molecule has 0 atom stereocenters. The van der Waals surface area contributed by atoms with Gasteiger partial charge in [-0.2, -0.15) is 0 Å². The van der Waals surface area contributed by atoms with Crippen LogP contribution in [0.3, 0.4) is 0 Å². The molecule has 0 nitrogen and oxygen atoms in total. The van der Waals surface area contributed by atoms with Crippen molar-refractivity contribution >= 4 is 55.2 Å². The maximum Gasteiger partial charge on any atom is -0.00201 e. The van der Waals surface area contributed by atoms with Gasteiger partial charge in [-0.05, 0) is 126 Å². The predicted molar refractivity (Wildman–Crippen MR) is 207 cm³/mol. The van der Waals surface area contributed by atoms with Crippen LogP contribution in [0.4, 0.5) is 0 Å². The molecule has 0 bridgehead atoms. The molecule has 8 aromatic carbocycles. The Balaban J connectivity index is 1.46. The summed E-state index contributed by atoms with van der Waals surface area (Å²) in [5, 5.41) is 10.1. The zero-order valence-electron chi connectivity index (χ0n) is 27.1. The summed E-state index contributed by atoms with van der Waals surface area (Å²) < 4.78 is 0. The lowest BCUT2D eigenvalue weighted by Crippen LogP contribution is -1.97. The highest BCUT2D eigenvalue weighted by Gasteiger charge is 2.20. The third-order valence-corrected chi connectivity index (χ3v) is 9.88. The fourth-order valence-corrected chi connectivity index (χ4v) is 7.80. The number of benzene rings is 8. The van der Waals surface area contributed by atoms with Crippen LogP contribution in [0.2, 0.25) is 0 Å². The Morgan fingerprint density at radius 2 is 1.00 bits per heavy atom. The van der Waals surface area contributed by atoms with Crippen LogP contribution in [0.25, 0.3) is 88.6 Å². The average molecular weight is 601 g/mol. The second-order valence-corrected chi connectivity index (χ2v) is 12.5. The molecular weight excluding hydrogens is 565 g/mol. The van der Waals surface area contributed by atoms with E-state index < -0.39 is 0 Å². The van der Waals surface area contributed by atoms with E-state index in [2.05, 4.69) is 173 Å². The fraction of sp³-hybridized carbons (Fsp3) is 0.0638. The number of hydrogen-bond donors (Lipinski definition) is 0. The molecule has 47 heavy (non-hydrogen) atoms. The Bertz CT molecular complexity index is 2500. The van der Waals surface area contributed by atoms with Crippen molar-refractivity contribution in [2.45, 2.75) is 20.8 Å². The minimum Gasteiger partial charge on any atom is -0.0984 e. The third kappa shape index (κ3) is 4.52. The van der Waals surface area contributed by atoms with Gasteiger partial charge >= 0.3 is 0 Å². The lowest BCUT2D eigenvalue weighted by Gasteiger charge is -2.21. The standard InChI is InChI=1S/C47H36/c1-5-16-36-34(6-2)31(4)45(39-21-10-9-20-37(36)39)44-29-33(28-27-30(44)3)46-40-22-11-13-24-42(40)47(43-25-14-12-23-41(43)46)38-26-15-18-32-17-7-8-19-35(32)38/h5-29H,2H2,1,3-4H3/b16-5-. The van der Waals surface area contributed by atoms with Gasteiger partial charge in [0.15, 0.2) is 0 Å². The van der Waals surface area contributed by atoms with Crippen LogP contribution in [0.1, 0.15) is 29.2 Å². The molecular formula is C47H36. The molecule has 0 aliphatic rings. The van der Waals surface area contributed by atoms with Gasteiger partial charge in [0.05, 0.1) is 0 Å². The molecule has 0 spiro atoms. The van der Waals surface area contributed by atoms with E-state index in [9.17, 15) is 0 Å². The summed E-state index contributed by atoms with van der Waals surface area (Å²) in [5.74, 6) is 0. The van der Waals surface area contributed by atoms with Gasteiger partial charge in [-0.1, -0.05) is 152 Å². The second-order valence-electron chi connectivity index (χ2n) is 12.5. The third-order valence-electron chi connectivity index (χ3n) is 9.88. The summed E-state index contributed by atoms with van der Waals surface area (Å²) in [6.07, 6.45) is 6.36. The number of fused-ring (bicyclic) bond motifs is 4. The molecule has 0 aliphatic carbocycles. The van der Waals surface area contributed by atoms with Gasteiger partial charge in [0.1, 0.15) is 0 Å². The molecule has 0 heteroatoms. The SMILES string of the molecule is C=Cc1c(C)c(-c2cc(-c3c4ccccc4c(-c4cccc5ccccc45)c4ccccc34)ccc2C)c2ccccc2c1/C=C\C. The van der Waals surface area contributed by atoms with Gasteiger partial charge in [0.2, 0.25) is 0 Å². The molecule has 0 heterocycles. The topological polar surface area (TPSA) is 0 Å². The number of hydrogen-bond acceptors (Lipinski definition) is 0. The molecule has 8 aromatic rings. The Kier molecular flexibility index (Phi) is 7.08. The van der Waals surface area contributed by atoms with Gasteiger partial charge in [0.25, 0.3) is 0 Å². The predicted octanol–water partition coefficient (Wildman–Crippen LogP) is 13.6. The first-order valence-corrected chi connectivity index (χ1v) is 16.4. The quantitative estimate of drug-likeness (QED) is 0.172. The highest BCUT2D eigenvalue weighted by atomic mass is 14.2. The van der Waals surface area contributed by atoms with Crippen molar-refractivity contribution < 1.29 is 0 Å². The zero-order chi connectivity index (χ0) is 32.1. The largest absolute Gasteiger partial charge is 0.0984 e. The molecule has 0 N–H and O–H groups in total. The smallest absolute Gasteiger partial charge is 0.00201 e. The van der Waals surface area contributed by atoms with Crippen molar-refractivity contribution in [3.05, 3.63) is 168 Å². The van der Waals surface area contributed by atoms with E-state index in [1.54, 1.807) is 0 Å². The summed E-state index contributed by atoms with van der Waals surface area (Å²) in [5.41, 5.74) is 12.5. The van der Waals surface area contributed by atoms with E-state index in [1.165, 1.54) is 98.7 Å². The normalized spacial score (nSPS) is 11.7. The van der Waals surface area contributed by atoms with E-state index in [0.29, 0.717) is 0 Å². The van der Waals surface area contributed by atoms with Crippen molar-refractivity contribution in [2.24, 2.45) is 0 Å². The Hall–Kier alpha value is -5.72. The minimum absolute atomic E-state index is 1.19. The molecule has 0 aliphatic heterocycles. The van der Waals surface area contributed by atoms with E-state index in [-0.39, 0.29) is 0 Å². The van der Waals surface area contributed by atoms with Crippen molar-refractivity contribution in [1.82, 2.24) is 0 Å². The maximum absolute atomic E-state index is 4.25.